The number of methoxy groups -OCH3 is 1. The van der Waals surface area contributed by atoms with Crippen LogP contribution in [0, 0.1) is 5.92 Å². The van der Waals surface area contributed by atoms with Crippen LogP contribution in [0.5, 0.6) is 0 Å². The molecule has 1 aromatic carbocycles. The molecule has 8 nitrogen and oxygen atoms in total. The van der Waals surface area contributed by atoms with Crippen molar-refractivity contribution < 1.29 is 18.7 Å². The van der Waals surface area contributed by atoms with Gasteiger partial charge in [0.05, 0.1) is 24.1 Å². The second-order valence-corrected chi connectivity index (χ2v) is 8.79. The number of rotatable bonds is 11. The van der Waals surface area contributed by atoms with E-state index in [2.05, 4.69) is 45.2 Å². The van der Waals surface area contributed by atoms with Gasteiger partial charge in [0.15, 0.2) is 5.69 Å². The summed E-state index contributed by atoms with van der Waals surface area (Å²) in [5, 5.41) is 0. The maximum absolute atomic E-state index is 11.5. The third-order valence-corrected chi connectivity index (χ3v) is 5.89. The van der Waals surface area contributed by atoms with Crippen LogP contribution in [0.25, 0.3) is 11.0 Å². The van der Waals surface area contributed by atoms with Crippen molar-refractivity contribution >= 4 is 17.0 Å². The van der Waals surface area contributed by atoms with Crippen molar-refractivity contribution in [2.24, 2.45) is 5.92 Å². The maximum Gasteiger partial charge on any atom is 0.360 e. The summed E-state index contributed by atoms with van der Waals surface area (Å²) >= 11 is 0. The van der Waals surface area contributed by atoms with E-state index in [1.165, 1.54) is 13.4 Å². The Balaban J connectivity index is 1.28. The Bertz CT molecular complexity index is 1040. The van der Waals surface area contributed by atoms with Gasteiger partial charge in [-0.3, -0.25) is 0 Å². The second-order valence-electron chi connectivity index (χ2n) is 8.79. The van der Waals surface area contributed by atoms with E-state index in [-0.39, 0.29) is 11.6 Å². The maximum atomic E-state index is 11.5. The van der Waals surface area contributed by atoms with Crippen LogP contribution < -0.4 is 0 Å². The Labute approximate surface area is 188 Å². The van der Waals surface area contributed by atoms with Gasteiger partial charge in [0.25, 0.3) is 0 Å². The Morgan fingerprint density at radius 2 is 2.06 bits per heavy atom. The Kier molecular flexibility index (Phi) is 7.22. The van der Waals surface area contributed by atoms with Gasteiger partial charge in [-0.2, -0.15) is 0 Å². The Morgan fingerprint density at radius 1 is 1.25 bits per heavy atom. The van der Waals surface area contributed by atoms with Crippen molar-refractivity contribution in [3.05, 3.63) is 47.9 Å². The third-order valence-electron chi connectivity index (χ3n) is 5.89. The molecule has 1 aliphatic heterocycles. The number of benzene rings is 1. The zero-order valence-electron chi connectivity index (χ0n) is 19.1. The number of esters is 1. The lowest BCUT2D eigenvalue weighted by atomic mass is 10.00. The highest BCUT2D eigenvalue weighted by Gasteiger charge is 2.32. The molecule has 0 aliphatic carbocycles. The molecule has 32 heavy (non-hydrogen) atoms. The lowest BCUT2D eigenvalue weighted by Gasteiger charge is -2.37. The summed E-state index contributed by atoms with van der Waals surface area (Å²) in [6, 6.07) is 8.24. The molecule has 3 aromatic rings. The van der Waals surface area contributed by atoms with Crippen molar-refractivity contribution in [2.45, 2.75) is 45.8 Å². The predicted octanol–water partition coefficient (Wildman–Crippen LogP) is 3.86. The molecular weight excluding hydrogens is 408 g/mol. The number of hydrogen-bond donors (Lipinski definition) is 0. The van der Waals surface area contributed by atoms with Crippen LogP contribution in [-0.2, 0) is 22.6 Å². The van der Waals surface area contributed by atoms with E-state index in [0.29, 0.717) is 18.5 Å². The molecule has 0 atom stereocenters. The van der Waals surface area contributed by atoms with E-state index >= 15 is 0 Å². The summed E-state index contributed by atoms with van der Waals surface area (Å²) < 4.78 is 18.3. The molecule has 1 aliphatic rings. The van der Waals surface area contributed by atoms with E-state index in [0.717, 1.165) is 62.4 Å². The summed E-state index contributed by atoms with van der Waals surface area (Å²) in [4.78, 5) is 23.0. The van der Waals surface area contributed by atoms with Crippen molar-refractivity contribution in [3.63, 3.8) is 0 Å². The summed E-state index contributed by atoms with van der Waals surface area (Å²) in [7, 11) is 1.34. The molecule has 3 heterocycles. The molecule has 8 heteroatoms. The largest absolute Gasteiger partial charge is 0.464 e. The Morgan fingerprint density at radius 3 is 2.84 bits per heavy atom. The normalized spacial score (nSPS) is 14.9. The van der Waals surface area contributed by atoms with Crippen LogP contribution in [0.15, 0.2) is 34.9 Å². The average molecular weight is 441 g/mol. The minimum absolute atomic E-state index is 0.229. The average Bonchev–Trinajstić information content (AvgIpc) is 3.37. The van der Waals surface area contributed by atoms with Gasteiger partial charge in [0.2, 0.25) is 5.89 Å². The molecule has 1 saturated heterocycles. The molecule has 2 aromatic heterocycles. The van der Waals surface area contributed by atoms with Gasteiger partial charge >= 0.3 is 5.97 Å². The molecule has 0 spiro atoms. The number of aromatic nitrogens is 3. The smallest absolute Gasteiger partial charge is 0.360 e. The van der Waals surface area contributed by atoms with E-state index < -0.39 is 5.97 Å². The molecule has 0 bridgehead atoms. The van der Waals surface area contributed by atoms with Gasteiger partial charge in [0.1, 0.15) is 18.8 Å². The zero-order chi connectivity index (χ0) is 22.5. The summed E-state index contributed by atoms with van der Waals surface area (Å²) in [6.45, 7) is 8.48. The van der Waals surface area contributed by atoms with Gasteiger partial charge < -0.3 is 23.4 Å². The molecule has 0 unspecified atom stereocenters. The number of aryl methyl sites for hydroxylation is 1. The van der Waals surface area contributed by atoms with Gasteiger partial charge in [-0.1, -0.05) is 26.0 Å². The number of nitrogens with zero attached hydrogens (tertiary/aromatic N) is 4. The highest BCUT2D eigenvalue weighted by Crippen LogP contribution is 2.27. The number of carbonyl (C=O) groups excluding carboxylic acids is 1. The summed E-state index contributed by atoms with van der Waals surface area (Å²) in [5.74, 6) is 2.09. The molecule has 172 valence electrons. The van der Waals surface area contributed by atoms with Crippen molar-refractivity contribution in [1.29, 1.82) is 0 Å². The van der Waals surface area contributed by atoms with E-state index in [1.54, 1.807) is 0 Å². The molecule has 0 saturated carbocycles. The number of fused-ring (bicyclic) bond motifs is 1. The van der Waals surface area contributed by atoms with E-state index in [1.807, 2.05) is 12.1 Å². The summed E-state index contributed by atoms with van der Waals surface area (Å²) in [6.07, 6.45) is 4.34. The minimum Gasteiger partial charge on any atom is -0.464 e. The topological polar surface area (TPSA) is 82.6 Å². The summed E-state index contributed by atoms with van der Waals surface area (Å²) in [5.41, 5.74) is 2.38. The van der Waals surface area contributed by atoms with Gasteiger partial charge in [-0.15, -0.1) is 0 Å². The molecule has 4 rings (SSSR count). The Hall–Kier alpha value is -2.71. The number of imidazole rings is 1. The lowest BCUT2D eigenvalue weighted by molar-refractivity contribution is 0.0593. The quantitative estimate of drug-likeness (QED) is 0.331. The van der Waals surface area contributed by atoms with Crippen LogP contribution in [0.3, 0.4) is 0 Å². The number of para-hydroxylation sites is 2. The first-order valence-corrected chi connectivity index (χ1v) is 11.3. The van der Waals surface area contributed by atoms with Crippen LogP contribution in [-0.4, -0.2) is 58.8 Å². The molecule has 0 amide bonds. The van der Waals surface area contributed by atoms with Gasteiger partial charge in [-0.05, 0) is 37.4 Å². The fourth-order valence-corrected chi connectivity index (χ4v) is 3.98. The molecule has 1 fully saturated rings. The molecular formula is C24H32N4O4. The van der Waals surface area contributed by atoms with Crippen molar-refractivity contribution in [1.82, 2.24) is 19.4 Å². The van der Waals surface area contributed by atoms with Gasteiger partial charge in [0, 0.05) is 26.1 Å². The first kappa shape index (κ1) is 22.5. The number of hydrogen-bond acceptors (Lipinski definition) is 7. The number of ether oxygens (including phenoxy) is 2. The highest BCUT2D eigenvalue weighted by molar-refractivity contribution is 5.86. The molecule has 0 radical (unpaired) electrons. The SMILES string of the molecule is COC(=O)c1coc(C2CN(CCCc3nc4ccccc4n3COCCC(C)C)C2)n1. The van der Waals surface area contributed by atoms with Crippen LogP contribution in [0.4, 0.5) is 0 Å². The highest BCUT2D eigenvalue weighted by atomic mass is 16.5. The predicted molar refractivity (Wildman–Crippen MR) is 120 cm³/mol. The third kappa shape index (κ3) is 5.19. The van der Waals surface area contributed by atoms with E-state index in [9.17, 15) is 4.79 Å². The first-order valence-electron chi connectivity index (χ1n) is 11.3. The standard InChI is InChI=1S/C24H32N4O4/c1-17(2)10-12-31-16-28-21-8-5-4-7-19(21)25-22(28)9-6-11-27-13-18(14-27)23-26-20(15-32-23)24(29)30-3/h4-5,7-8,15,17-18H,6,9-14,16H2,1-3H3. The van der Waals surface area contributed by atoms with Crippen molar-refractivity contribution in [3.8, 4) is 0 Å². The molecule has 0 N–H and O–H groups in total. The van der Waals surface area contributed by atoms with Crippen LogP contribution in [0.2, 0.25) is 0 Å². The fourth-order valence-electron chi connectivity index (χ4n) is 3.98. The zero-order valence-corrected chi connectivity index (χ0v) is 19.1. The second kappa shape index (κ2) is 10.3. The van der Waals surface area contributed by atoms with Crippen LogP contribution >= 0.6 is 0 Å². The van der Waals surface area contributed by atoms with Crippen molar-refractivity contribution in [2.75, 3.05) is 33.4 Å². The number of oxazole rings is 1. The number of carbonyl (C=O) groups is 1. The lowest BCUT2D eigenvalue weighted by Crippen LogP contribution is -2.45. The van der Waals surface area contributed by atoms with E-state index in [4.69, 9.17) is 14.1 Å². The first-order chi connectivity index (χ1) is 15.5. The number of likely N-dealkylation sites (tertiary alicyclic amines) is 1. The minimum atomic E-state index is -0.466. The fraction of sp³-hybridized carbons (Fsp3) is 0.542. The van der Waals surface area contributed by atoms with Crippen LogP contribution in [0.1, 0.15) is 54.8 Å². The van der Waals surface area contributed by atoms with Gasteiger partial charge in [-0.25, -0.2) is 14.8 Å². The monoisotopic (exact) mass is 440 g/mol.